The lowest BCUT2D eigenvalue weighted by Gasteiger charge is -2.26. The highest BCUT2D eigenvalue weighted by Crippen LogP contribution is 2.43. The minimum atomic E-state index is -3.08. The maximum atomic E-state index is 15.7. The summed E-state index contributed by atoms with van der Waals surface area (Å²) in [7, 11) is 1.47. The lowest BCUT2D eigenvalue weighted by atomic mass is 9.90. The van der Waals surface area contributed by atoms with Gasteiger partial charge in [-0.25, -0.2) is 9.97 Å². The molecule has 0 bridgehead atoms. The smallest absolute Gasteiger partial charge is 0.387 e. The molecular weight excluding hydrogens is 559 g/mol. The number of hydrogen-bond acceptors (Lipinski definition) is 7. The van der Waals surface area contributed by atoms with Gasteiger partial charge in [-0.05, 0) is 55.0 Å². The van der Waals surface area contributed by atoms with Crippen molar-refractivity contribution in [3.05, 3.63) is 41.7 Å². The van der Waals surface area contributed by atoms with Crippen molar-refractivity contribution in [2.45, 2.75) is 64.0 Å². The molecule has 2 aliphatic carbocycles. The highest BCUT2D eigenvalue weighted by molar-refractivity contribution is 7.14. The Hall–Kier alpha value is -3.67. The predicted octanol–water partition coefficient (Wildman–Crippen LogP) is 6.79. The minimum absolute atomic E-state index is 0.116. The molecule has 1 amide bonds. The van der Waals surface area contributed by atoms with Crippen molar-refractivity contribution in [3.63, 3.8) is 0 Å². The van der Waals surface area contributed by atoms with E-state index in [0.717, 1.165) is 25.7 Å². The van der Waals surface area contributed by atoms with Gasteiger partial charge in [0, 0.05) is 35.3 Å². The highest BCUT2D eigenvalue weighted by atomic mass is 32.1. The molecule has 0 aliphatic heterocycles. The number of thiazole rings is 1. The summed E-state index contributed by atoms with van der Waals surface area (Å²) in [6, 6.07) is 7.27. The van der Waals surface area contributed by atoms with Crippen LogP contribution in [-0.4, -0.2) is 46.7 Å². The summed E-state index contributed by atoms with van der Waals surface area (Å²) in [5.74, 6) is -1.70. The fourth-order valence-electron chi connectivity index (χ4n) is 5.46. The number of amides is 1. The zero-order valence-corrected chi connectivity index (χ0v) is 23.2. The SMILES string of the molecule is COc1ccc(-c2ccc(OC(F)F)cc2-c2nc(N(C(=O)[C@@H](CC(=O)O)CC3CCCC3)C3CC3)sc2F)cn1. The summed E-state index contributed by atoms with van der Waals surface area (Å²) in [6.45, 7) is -3.08. The van der Waals surface area contributed by atoms with E-state index in [-0.39, 0.29) is 46.4 Å². The largest absolute Gasteiger partial charge is 0.481 e. The van der Waals surface area contributed by atoms with Gasteiger partial charge in [0.15, 0.2) is 5.13 Å². The van der Waals surface area contributed by atoms with E-state index in [9.17, 15) is 23.5 Å². The van der Waals surface area contributed by atoms with Crippen LogP contribution >= 0.6 is 11.3 Å². The van der Waals surface area contributed by atoms with Crippen LogP contribution in [-0.2, 0) is 9.59 Å². The molecule has 2 aromatic heterocycles. The zero-order chi connectivity index (χ0) is 29.1. The summed E-state index contributed by atoms with van der Waals surface area (Å²) < 4.78 is 51.4. The molecule has 2 fully saturated rings. The number of alkyl halides is 2. The average molecular weight is 590 g/mol. The lowest BCUT2D eigenvalue weighted by molar-refractivity contribution is -0.141. The Kier molecular flexibility index (Phi) is 8.77. The molecule has 12 heteroatoms. The van der Waals surface area contributed by atoms with Gasteiger partial charge in [-0.3, -0.25) is 14.5 Å². The third-order valence-corrected chi connectivity index (χ3v) is 8.36. The van der Waals surface area contributed by atoms with Gasteiger partial charge in [0.05, 0.1) is 13.5 Å². The van der Waals surface area contributed by atoms with E-state index in [1.807, 2.05) is 0 Å². The number of hydrogen-bond donors (Lipinski definition) is 1. The second kappa shape index (κ2) is 12.5. The standard InChI is InChI=1S/C29H30F3N3O5S/c1-39-23-11-6-17(15-33-23)21-10-9-20(40-28(31)32)14-22(21)25-26(30)41-29(34-25)35(19-7-8-19)27(38)18(13-24(36)37)12-16-4-2-3-5-16/h6,9-11,14-16,18-19,28H,2-5,7-8,12-13H2,1H3,(H,36,37)/t18-/m1/s1. The number of aliphatic carboxylic acids is 1. The van der Waals surface area contributed by atoms with Gasteiger partial charge in [-0.1, -0.05) is 37.0 Å². The van der Waals surface area contributed by atoms with E-state index in [1.165, 1.54) is 36.4 Å². The van der Waals surface area contributed by atoms with E-state index in [0.29, 0.717) is 47.6 Å². The molecule has 3 aromatic rings. The first kappa shape index (κ1) is 28.8. The van der Waals surface area contributed by atoms with E-state index >= 15 is 4.39 Å². The van der Waals surface area contributed by atoms with Crippen molar-refractivity contribution in [1.29, 1.82) is 0 Å². The maximum absolute atomic E-state index is 15.7. The maximum Gasteiger partial charge on any atom is 0.387 e. The molecule has 1 atom stereocenters. The van der Waals surface area contributed by atoms with Crippen LogP contribution in [0, 0.1) is 17.0 Å². The number of carbonyl (C=O) groups is 2. The molecule has 5 rings (SSSR count). The van der Waals surface area contributed by atoms with Gasteiger partial charge >= 0.3 is 12.6 Å². The number of rotatable bonds is 12. The summed E-state index contributed by atoms with van der Waals surface area (Å²) in [5.41, 5.74) is 1.09. The molecule has 0 radical (unpaired) electrons. The number of carboxylic acids is 1. The third kappa shape index (κ3) is 6.80. The normalized spacial score (nSPS) is 16.1. The second-order valence-corrected chi connectivity index (χ2v) is 11.3. The molecule has 0 saturated heterocycles. The van der Waals surface area contributed by atoms with E-state index < -0.39 is 23.6 Å². The van der Waals surface area contributed by atoms with Gasteiger partial charge < -0.3 is 14.6 Å². The van der Waals surface area contributed by atoms with Gasteiger partial charge in [0.25, 0.3) is 0 Å². The Bertz CT molecular complexity index is 1390. The minimum Gasteiger partial charge on any atom is -0.481 e. The average Bonchev–Trinajstić information content (AvgIpc) is 3.49. The quantitative estimate of drug-likeness (QED) is 0.248. The summed E-state index contributed by atoms with van der Waals surface area (Å²) in [6.07, 6.45) is 7.12. The lowest BCUT2D eigenvalue weighted by Crippen LogP contribution is -2.39. The van der Waals surface area contributed by atoms with Gasteiger partial charge in [-0.15, -0.1) is 0 Å². The number of carboxylic acid groups (broad SMARTS) is 1. The molecule has 1 aromatic carbocycles. The van der Waals surface area contributed by atoms with Crippen molar-refractivity contribution < 1.29 is 37.3 Å². The molecule has 41 heavy (non-hydrogen) atoms. The van der Waals surface area contributed by atoms with Crippen LogP contribution < -0.4 is 14.4 Å². The third-order valence-electron chi connectivity index (χ3n) is 7.52. The van der Waals surface area contributed by atoms with Crippen LogP contribution in [0.1, 0.15) is 51.4 Å². The summed E-state index contributed by atoms with van der Waals surface area (Å²) in [5, 5.41) is 8.96. The van der Waals surface area contributed by atoms with Crippen molar-refractivity contribution in [2.24, 2.45) is 11.8 Å². The van der Waals surface area contributed by atoms with E-state index in [1.54, 1.807) is 12.1 Å². The van der Waals surface area contributed by atoms with Crippen LogP contribution in [0.25, 0.3) is 22.4 Å². The number of carbonyl (C=O) groups excluding carboxylic acids is 1. The number of benzene rings is 1. The van der Waals surface area contributed by atoms with Gasteiger partial charge in [0.2, 0.25) is 16.9 Å². The van der Waals surface area contributed by atoms with Crippen LogP contribution in [0.2, 0.25) is 0 Å². The number of methoxy groups -OCH3 is 1. The molecule has 0 spiro atoms. The summed E-state index contributed by atoms with van der Waals surface area (Å²) >= 11 is 0.678. The first-order valence-electron chi connectivity index (χ1n) is 13.5. The van der Waals surface area contributed by atoms with Crippen molar-refractivity contribution in [2.75, 3.05) is 12.0 Å². The molecular formula is C29H30F3N3O5S. The number of halogens is 3. The zero-order valence-electron chi connectivity index (χ0n) is 22.4. The predicted molar refractivity (Wildman–Crippen MR) is 147 cm³/mol. The Morgan fingerprint density at radius 2 is 1.88 bits per heavy atom. The number of anilines is 1. The van der Waals surface area contributed by atoms with E-state index in [4.69, 9.17) is 4.74 Å². The van der Waals surface area contributed by atoms with Crippen molar-refractivity contribution in [1.82, 2.24) is 9.97 Å². The van der Waals surface area contributed by atoms with Gasteiger partial charge in [0.1, 0.15) is 11.4 Å². The van der Waals surface area contributed by atoms with Gasteiger partial charge in [-0.2, -0.15) is 13.2 Å². The van der Waals surface area contributed by atoms with Crippen molar-refractivity contribution in [3.8, 4) is 34.0 Å². The van der Waals surface area contributed by atoms with Crippen LogP contribution in [0.4, 0.5) is 18.3 Å². The Morgan fingerprint density at radius 3 is 2.49 bits per heavy atom. The van der Waals surface area contributed by atoms with Crippen LogP contribution in [0.5, 0.6) is 11.6 Å². The number of ether oxygens (including phenoxy) is 2. The topological polar surface area (TPSA) is 102 Å². The van der Waals surface area contributed by atoms with E-state index in [2.05, 4.69) is 14.7 Å². The van der Waals surface area contributed by atoms with Crippen molar-refractivity contribution >= 4 is 28.3 Å². The molecule has 1 N–H and O–H groups in total. The summed E-state index contributed by atoms with van der Waals surface area (Å²) in [4.78, 5) is 35.6. The van der Waals surface area contributed by atoms with Crippen LogP contribution in [0.15, 0.2) is 36.5 Å². The Labute approximate surface area is 239 Å². The first-order valence-corrected chi connectivity index (χ1v) is 14.4. The molecule has 2 heterocycles. The van der Waals surface area contributed by atoms with Crippen LogP contribution in [0.3, 0.4) is 0 Å². The molecule has 0 unspecified atom stereocenters. The first-order chi connectivity index (χ1) is 19.7. The molecule has 2 saturated carbocycles. The second-order valence-electron chi connectivity index (χ2n) is 10.4. The Morgan fingerprint density at radius 1 is 1.12 bits per heavy atom. The fourth-order valence-corrected chi connectivity index (χ4v) is 6.34. The number of aromatic nitrogens is 2. The number of nitrogens with zero attached hydrogens (tertiary/aromatic N) is 3. The highest BCUT2D eigenvalue weighted by Gasteiger charge is 2.40. The molecule has 2 aliphatic rings. The molecule has 218 valence electrons. The number of pyridine rings is 1. The Balaban J connectivity index is 1.52. The molecule has 8 nitrogen and oxygen atoms in total. The fraction of sp³-hybridized carbons (Fsp3) is 0.448. The monoisotopic (exact) mass is 589 g/mol.